The monoisotopic (exact) mass is 347 g/mol. The van der Waals surface area contributed by atoms with E-state index < -0.39 is 17.7 Å². The third-order valence-corrected chi connectivity index (χ3v) is 2.32. The number of hydrogen-bond donors (Lipinski definition) is 4. The molecule has 0 saturated carbocycles. The van der Waals surface area contributed by atoms with Crippen LogP contribution in [0, 0.1) is 0 Å². The predicted molar refractivity (Wildman–Crippen MR) is 100 cm³/mol. The first-order valence-corrected chi connectivity index (χ1v) is 8.19. The van der Waals surface area contributed by atoms with E-state index in [9.17, 15) is 9.59 Å². The van der Waals surface area contributed by atoms with Crippen molar-refractivity contribution in [3.63, 3.8) is 0 Å². The minimum Gasteiger partial charge on any atom is -0.444 e. The Bertz CT molecular complexity index is 337. The van der Waals surface area contributed by atoms with Crippen LogP contribution >= 0.6 is 0 Å². The number of nitrogens with two attached hydrogens (primary N) is 1. The molecule has 24 heavy (non-hydrogen) atoms. The van der Waals surface area contributed by atoms with E-state index in [4.69, 9.17) is 10.5 Å². The molecule has 0 fully saturated rings. The van der Waals surface area contributed by atoms with Gasteiger partial charge in [0.1, 0.15) is 11.6 Å². The quantitative estimate of drug-likeness (QED) is 0.328. The van der Waals surface area contributed by atoms with Crippen molar-refractivity contribution in [1.82, 2.24) is 16.0 Å². The van der Waals surface area contributed by atoms with Gasteiger partial charge in [0, 0.05) is 14.1 Å². The van der Waals surface area contributed by atoms with E-state index in [2.05, 4.69) is 20.9 Å². The highest BCUT2D eigenvalue weighted by Crippen LogP contribution is 2.07. The van der Waals surface area contributed by atoms with Gasteiger partial charge in [-0.1, -0.05) is 13.8 Å². The fraction of sp³-hybridized carbons (Fsp3) is 0.812. The number of rotatable bonds is 6. The number of nitrogens with one attached hydrogen (secondary N) is 3. The number of aliphatic imine (C=N–C) groups is 1. The standard InChI is InChI=1S/C12H25N3O3.C2H6N2.C2H6/c1-12(2,3)18-11(17)15-9(10(16)14-5)7-6-8-13-4;1-4-2-3;1-2/h9,13H,6-8H2,1-5H3,(H,14,16)(H,15,17);2H,1H3,(H2,3,4);1-2H3. The van der Waals surface area contributed by atoms with Gasteiger partial charge in [0.2, 0.25) is 5.91 Å². The average Bonchev–Trinajstić information content (AvgIpc) is 2.53. The van der Waals surface area contributed by atoms with Gasteiger partial charge in [-0.15, -0.1) is 0 Å². The largest absolute Gasteiger partial charge is 0.444 e. The van der Waals surface area contributed by atoms with Gasteiger partial charge in [-0.3, -0.25) is 9.79 Å². The summed E-state index contributed by atoms with van der Waals surface area (Å²) in [7, 11) is 5.01. The Labute approximate surface area is 147 Å². The maximum absolute atomic E-state index is 11.6. The number of ether oxygens (including phenoxy) is 1. The van der Waals surface area contributed by atoms with E-state index in [1.165, 1.54) is 6.34 Å². The molecule has 0 rings (SSSR count). The van der Waals surface area contributed by atoms with Gasteiger partial charge >= 0.3 is 6.09 Å². The molecule has 0 aliphatic carbocycles. The zero-order chi connectivity index (χ0) is 19.6. The Morgan fingerprint density at radius 1 is 1.25 bits per heavy atom. The van der Waals surface area contributed by atoms with Crippen molar-refractivity contribution in [3.8, 4) is 0 Å². The lowest BCUT2D eigenvalue weighted by molar-refractivity contribution is -0.122. The van der Waals surface area contributed by atoms with Crippen molar-refractivity contribution in [3.05, 3.63) is 0 Å². The van der Waals surface area contributed by atoms with Gasteiger partial charge in [-0.25, -0.2) is 4.79 Å². The van der Waals surface area contributed by atoms with E-state index in [1.54, 1.807) is 34.9 Å². The minimum atomic E-state index is -0.569. The molecule has 0 spiro atoms. The molecule has 8 heteroatoms. The second-order valence-corrected chi connectivity index (χ2v) is 5.47. The molecule has 0 aromatic carbocycles. The van der Waals surface area contributed by atoms with Gasteiger partial charge in [0.25, 0.3) is 0 Å². The molecule has 0 heterocycles. The molecule has 0 aromatic heterocycles. The maximum Gasteiger partial charge on any atom is 0.408 e. The number of likely N-dealkylation sites (N-methyl/N-ethyl adjacent to an activating group) is 1. The molecular formula is C16H37N5O3. The van der Waals surface area contributed by atoms with Crippen LogP contribution < -0.4 is 21.7 Å². The lowest BCUT2D eigenvalue weighted by Gasteiger charge is -2.23. The molecule has 0 radical (unpaired) electrons. The van der Waals surface area contributed by atoms with Gasteiger partial charge in [0.15, 0.2) is 0 Å². The van der Waals surface area contributed by atoms with Gasteiger partial charge < -0.3 is 26.4 Å². The Balaban J connectivity index is -0.000000636. The Morgan fingerprint density at radius 3 is 2.08 bits per heavy atom. The van der Waals surface area contributed by atoms with E-state index in [-0.39, 0.29) is 5.91 Å². The van der Waals surface area contributed by atoms with Crippen molar-refractivity contribution >= 4 is 18.3 Å². The van der Waals surface area contributed by atoms with Crippen LogP contribution in [-0.4, -0.2) is 57.7 Å². The minimum absolute atomic E-state index is 0.211. The smallest absolute Gasteiger partial charge is 0.408 e. The summed E-state index contributed by atoms with van der Waals surface area (Å²) in [5, 5.41) is 8.11. The summed E-state index contributed by atoms with van der Waals surface area (Å²) in [6.07, 6.45) is 2.05. The van der Waals surface area contributed by atoms with Crippen molar-refractivity contribution in [2.24, 2.45) is 10.7 Å². The third kappa shape index (κ3) is 20.2. The predicted octanol–water partition coefficient (Wildman–Crippen LogP) is 1.25. The fourth-order valence-electron chi connectivity index (χ4n) is 1.38. The molecule has 0 saturated heterocycles. The number of nitrogens with zero attached hydrogens (tertiary/aromatic N) is 1. The molecule has 1 unspecified atom stereocenters. The molecule has 144 valence electrons. The molecule has 0 aliphatic rings. The number of alkyl carbamates (subject to hydrolysis) is 1. The zero-order valence-electron chi connectivity index (χ0n) is 16.5. The van der Waals surface area contributed by atoms with Crippen LogP contribution in [0.15, 0.2) is 4.99 Å². The Hall–Kier alpha value is -1.83. The van der Waals surface area contributed by atoms with Gasteiger partial charge in [0.05, 0.1) is 6.34 Å². The number of carbonyl (C=O) groups is 2. The third-order valence-electron chi connectivity index (χ3n) is 2.32. The van der Waals surface area contributed by atoms with E-state index in [1.807, 2.05) is 20.9 Å². The highest BCUT2D eigenvalue weighted by molar-refractivity contribution is 5.85. The summed E-state index contributed by atoms with van der Waals surface area (Å²) in [5.74, 6) is -0.211. The molecule has 0 aromatic rings. The van der Waals surface area contributed by atoms with Crippen LogP contribution in [0.3, 0.4) is 0 Å². The van der Waals surface area contributed by atoms with Crippen LogP contribution in [0.4, 0.5) is 4.79 Å². The first-order chi connectivity index (χ1) is 11.2. The van der Waals surface area contributed by atoms with Crippen LogP contribution in [0.5, 0.6) is 0 Å². The van der Waals surface area contributed by atoms with Crippen LogP contribution in [0.1, 0.15) is 47.5 Å². The summed E-state index contributed by atoms with van der Waals surface area (Å²) in [5.41, 5.74) is 4.17. The molecule has 1 atom stereocenters. The number of hydrogen-bond acceptors (Lipinski definition) is 5. The second kappa shape index (κ2) is 17.5. The molecule has 0 aliphatic heterocycles. The average molecular weight is 348 g/mol. The molecule has 8 nitrogen and oxygen atoms in total. The Kier molecular flexibility index (Phi) is 19.7. The second-order valence-electron chi connectivity index (χ2n) is 5.47. The van der Waals surface area contributed by atoms with Crippen molar-refractivity contribution in [2.75, 3.05) is 27.7 Å². The van der Waals surface area contributed by atoms with Crippen LogP contribution in [0.25, 0.3) is 0 Å². The van der Waals surface area contributed by atoms with Crippen molar-refractivity contribution in [2.45, 2.75) is 59.1 Å². The SMILES string of the molecule is CC.CN=CN.CNCCCC(NC(=O)OC(C)(C)C)C(=O)NC. The van der Waals surface area contributed by atoms with Crippen LogP contribution in [-0.2, 0) is 9.53 Å². The number of carbonyl (C=O) groups excluding carboxylic acids is 2. The lowest BCUT2D eigenvalue weighted by Crippen LogP contribution is -2.47. The maximum atomic E-state index is 11.6. The first-order valence-electron chi connectivity index (χ1n) is 8.19. The van der Waals surface area contributed by atoms with Gasteiger partial charge in [-0.2, -0.15) is 0 Å². The Morgan fingerprint density at radius 2 is 1.75 bits per heavy atom. The fourth-order valence-corrected chi connectivity index (χ4v) is 1.38. The topological polar surface area (TPSA) is 118 Å². The summed E-state index contributed by atoms with van der Waals surface area (Å²) in [4.78, 5) is 26.6. The van der Waals surface area contributed by atoms with E-state index in [0.29, 0.717) is 6.42 Å². The summed E-state index contributed by atoms with van der Waals surface area (Å²) in [6, 6.07) is -0.557. The van der Waals surface area contributed by atoms with E-state index >= 15 is 0 Å². The first kappa shape index (κ1) is 27.0. The summed E-state index contributed by atoms with van der Waals surface area (Å²) < 4.78 is 5.12. The highest BCUT2D eigenvalue weighted by atomic mass is 16.6. The van der Waals surface area contributed by atoms with Crippen LogP contribution in [0.2, 0.25) is 0 Å². The van der Waals surface area contributed by atoms with Crippen molar-refractivity contribution < 1.29 is 14.3 Å². The zero-order valence-corrected chi connectivity index (χ0v) is 16.5. The molecule has 0 bridgehead atoms. The lowest BCUT2D eigenvalue weighted by atomic mass is 10.1. The normalized spacial score (nSPS) is 11.3. The van der Waals surface area contributed by atoms with Crippen molar-refractivity contribution in [1.29, 1.82) is 0 Å². The van der Waals surface area contributed by atoms with E-state index in [0.717, 1.165) is 13.0 Å². The molecular weight excluding hydrogens is 310 g/mol. The number of amides is 2. The molecule has 2 amide bonds. The summed E-state index contributed by atoms with van der Waals surface area (Å²) >= 11 is 0. The highest BCUT2D eigenvalue weighted by Gasteiger charge is 2.23. The van der Waals surface area contributed by atoms with Gasteiger partial charge in [-0.05, 0) is 47.2 Å². The molecule has 5 N–H and O–H groups in total. The summed E-state index contributed by atoms with van der Waals surface area (Å²) in [6.45, 7) is 10.1.